The van der Waals surface area contributed by atoms with Crippen molar-refractivity contribution in [3.8, 4) is 0 Å². The maximum absolute atomic E-state index is 13.8. The molecular weight excluding hydrogens is 432 g/mol. The number of carbonyl (C=O) groups excluding carboxylic acids is 3. The Morgan fingerprint density at radius 3 is 2.41 bits per heavy atom. The number of hydrogen-bond donors (Lipinski definition) is 2. The maximum Gasteiger partial charge on any atom is 0.252 e. The molecule has 3 heterocycles. The third-order valence-electron chi connectivity index (χ3n) is 8.40. The minimum atomic E-state index is -0.959. The van der Waals surface area contributed by atoms with Crippen molar-refractivity contribution < 1.29 is 19.1 Å². The van der Waals surface area contributed by atoms with Crippen LogP contribution in [-0.4, -0.2) is 91.5 Å². The Morgan fingerprint density at radius 1 is 1.09 bits per heavy atom. The number of likely N-dealkylation sites (N-methyl/N-ethyl adjacent to an activating group) is 1. The lowest BCUT2D eigenvalue weighted by atomic mass is 9.89. The second-order valence-electron chi connectivity index (χ2n) is 10.5. The average molecular weight is 469 g/mol. The van der Waals surface area contributed by atoms with Crippen LogP contribution in [0.3, 0.4) is 0 Å². The molecule has 34 heavy (non-hydrogen) atoms. The van der Waals surface area contributed by atoms with E-state index in [1.54, 1.807) is 4.90 Å². The fourth-order valence-electron chi connectivity index (χ4n) is 6.30. The molecule has 3 atom stereocenters. The zero-order chi connectivity index (χ0) is 23.9. The van der Waals surface area contributed by atoms with Crippen molar-refractivity contribution in [2.45, 2.75) is 68.2 Å². The number of carbonyl (C=O) groups is 3. The summed E-state index contributed by atoms with van der Waals surface area (Å²) in [6.45, 7) is 2.65. The minimum Gasteiger partial charge on any atom is -0.366 e. The first-order valence-corrected chi connectivity index (χ1v) is 12.7. The molecule has 0 aromatic heterocycles. The van der Waals surface area contributed by atoms with Gasteiger partial charge in [-0.05, 0) is 76.5 Å². The second-order valence-corrected chi connectivity index (χ2v) is 10.5. The lowest BCUT2D eigenvalue weighted by Crippen LogP contribution is -2.60. The van der Waals surface area contributed by atoms with Crippen LogP contribution in [0.2, 0.25) is 0 Å². The van der Waals surface area contributed by atoms with Gasteiger partial charge in [-0.1, -0.05) is 25.0 Å². The van der Waals surface area contributed by atoms with Crippen molar-refractivity contribution in [1.29, 1.82) is 0 Å². The fourth-order valence-corrected chi connectivity index (χ4v) is 6.30. The van der Waals surface area contributed by atoms with Crippen molar-refractivity contribution in [3.05, 3.63) is 35.4 Å². The van der Waals surface area contributed by atoms with Crippen molar-refractivity contribution in [1.82, 2.24) is 20.4 Å². The molecular formula is C26H36N4O4. The van der Waals surface area contributed by atoms with E-state index in [0.717, 1.165) is 38.8 Å². The van der Waals surface area contributed by atoms with Crippen LogP contribution in [0.25, 0.3) is 0 Å². The number of likely N-dealkylation sites (tertiary alicyclic amines) is 2. The molecule has 4 aliphatic rings. The molecule has 1 aromatic carbocycles. The Morgan fingerprint density at radius 2 is 1.76 bits per heavy atom. The van der Waals surface area contributed by atoms with Crippen LogP contribution in [0.1, 0.15) is 60.4 Å². The molecule has 0 radical (unpaired) electrons. The monoisotopic (exact) mass is 468 g/mol. The summed E-state index contributed by atoms with van der Waals surface area (Å²) in [7, 11) is 3.98. The van der Waals surface area contributed by atoms with Crippen molar-refractivity contribution in [3.63, 3.8) is 0 Å². The molecule has 184 valence electrons. The van der Waals surface area contributed by atoms with E-state index in [4.69, 9.17) is 4.74 Å². The molecule has 3 aliphatic heterocycles. The molecule has 0 bridgehead atoms. The van der Waals surface area contributed by atoms with Gasteiger partial charge in [0.15, 0.2) is 5.78 Å². The van der Waals surface area contributed by atoms with E-state index in [1.165, 1.54) is 5.56 Å². The number of ether oxygens (including phenoxy) is 1. The van der Waals surface area contributed by atoms with E-state index in [0.29, 0.717) is 30.9 Å². The van der Waals surface area contributed by atoms with Gasteiger partial charge in [-0.2, -0.15) is 0 Å². The fraction of sp³-hybridized carbons (Fsp3) is 0.654. The largest absolute Gasteiger partial charge is 0.366 e. The Kier molecular flexibility index (Phi) is 6.48. The first kappa shape index (κ1) is 23.5. The molecule has 2 N–H and O–H groups in total. The maximum atomic E-state index is 13.8. The normalized spacial score (nSPS) is 29.4. The number of nitrogens with one attached hydrogen (secondary N) is 2. The van der Waals surface area contributed by atoms with Gasteiger partial charge in [-0.3, -0.25) is 14.4 Å². The van der Waals surface area contributed by atoms with Gasteiger partial charge < -0.3 is 25.2 Å². The summed E-state index contributed by atoms with van der Waals surface area (Å²) in [5.74, 6) is 0.110. The van der Waals surface area contributed by atoms with Crippen LogP contribution in [0.15, 0.2) is 24.3 Å². The SMILES string of the molecule is CN[C@H]1CN(C(=O)C2(NC(=O)c3ccc(C4CCN(C)CC4)cc3)CCCC2)[C@@H]2C(=O)CO[C@H]12. The molecule has 2 amide bonds. The van der Waals surface area contributed by atoms with Gasteiger partial charge in [0.05, 0.1) is 6.04 Å². The highest BCUT2D eigenvalue weighted by atomic mass is 16.5. The summed E-state index contributed by atoms with van der Waals surface area (Å²) in [4.78, 5) is 43.7. The van der Waals surface area contributed by atoms with Crippen molar-refractivity contribution in [2.24, 2.45) is 0 Å². The predicted octanol–water partition coefficient (Wildman–Crippen LogP) is 1.31. The molecule has 1 saturated carbocycles. The van der Waals surface area contributed by atoms with Crippen LogP contribution in [-0.2, 0) is 14.3 Å². The van der Waals surface area contributed by atoms with Gasteiger partial charge >= 0.3 is 0 Å². The number of ketones is 1. The van der Waals surface area contributed by atoms with Crippen LogP contribution >= 0.6 is 0 Å². The molecule has 0 unspecified atom stereocenters. The summed E-state index contributed by atoms with van der Waals surface area (Å²) in [5, 5.41) is 6.29. The highest BCUT2D eigenvalue weighted by molar-refractivity contribution is 6.01. The molecule has 4 fully saturated rings. The summed E-state index contributed by atoms with van der Waals surface area (Å²) >= 11 is 0. The van der Waals surface area contributed by atoms with Gasteiger partial charge in [-0.15, -0.1) is 0 Å². The zero-order valence-corrected chi connectivity index (χ0v) is 20.2. The second kappa shape index (κ2) is 9.40. The Labute approximate surface area is 201 Å². The van der Waals surface area contributed by atoms with Crippen LogP contribution in [0.4, 0.5) is 0 Å². The van der Waals surface area contributed by atoms with Crippen molar-refractivity contribution in [2.75, 3.05) is 40.3 Å². The van der Waals surface area contributed by atoms with E-state index in [2.05, 4.69) is 34.7 Å². The predicted molar refractivity (Wildman–Crippen MR) is 128 cm³/mol. The van der Waals surface area contributed by atoms with E-state index >= 15 is 0 Å². The summed E-state index contributed by atoms with van der Waals surface area (Å²) in [6, 6.07) is 7.24. The third-order valence-corrected chi connectivity index (χ3v) is 8.40. The summed E-state index contributed by atoms with van der Waals surface area (Å²) in [5.41, 5.74) is 0.889. The van der Waals surface area contributed by atoms with E-state index in [9.17, 15) is 14.4 Å². The number of piperidine rings is 1. The summed E-state index contributed by atoms with van der Waals surface area (Å²) < 4.78 is 5.69. The molecule has 5 rings (SSSR count). The number of nitrogens with zero attached hydrogens (tertiary/aromatic N) is 2. The molecule has 1 aromatic rings. The quantitative estimate of drug-likeness (QED) is 0.677. The smallest absolute Gasteiger partial charge is 0.252 e. The lowest BCUT2D eigenvalue weighted by Gasteiger charge is -2.35. The molecule has 3 saturated heterocycles. The molecule has 1 aliphatic carbocycles. The van der Waals surface area contributed by atoms with E-state index in [1.807, 2.05) is 19.2 Å². The highest BCUT2D eigenvalue weighted by Gasteiger charge is 2.56. The first-order chi connectivity index (χ1) is 16.4. The number of amides is 2. The Bertz CT molecular complexity index is 935. The van der Waals surface area contributed by atoms with Crippen molar-refractivity contribution >= 4 is 17.6 Å². The number of fused-ring (bicyclic) bond motifs is 1. The number of hydrogen-bond acceptors (Lipinski definition) is 6. The van der Waals surface area contributed by atoms with Gasteiger partial charge in [0, 0.05) is 12.1 Å². The first-order valence-electron chi connectivity index (χ1n) is 12.7. The topological polar surface area (TPSA) is 91.0 Å². The Balaban J connectivity index is 1.31. The number of benzene rings is 1. The van der Waals surface area contributed by atoms with Crippen LogP contribution in [0, 0.1) is 0 Å². The molecule has 0 spiro atoms. The Hall–Kier alpha value is -2.29. The van der Waals surface area contributed by atoms with E-state index < -0.39 is 11.6 Å². The minimum absolute atomic E-state index is 0.0419. The number of Topliss-reactive ketones (excluding diaryl/α,β-unsaturated/α-hetero) is 1. The van der Waals surface area contributed by atoms with Gasteiger partial charge in [0.1, 0.15) is 24.3 Å². The molecule has 8 nitrogen and oxygen atoms in total. The van der Waals surface area contributed by atoms with Gasteiger partial charge in [-0.25, -0.2) is 0 Å². The van der Waals surface area contributed by atoms with Crippen LogP contribution < -0.4 is 10.6 Å². The van der Waals surface area contributed by atoms with Gasteiger partial charge in [0.25, 0.3) is 5.91 Å². The highest BCUT2D eigenvalue weighted by Crippen LogP contribution is 2.36. The zero-order valence-electron chi connectivity index (χ0n) is 20.2. The standard InChI is InChI=1S/C26H36N4O4/c1-27-20-15-30(22-21(31)16-34-23(20)22)25(33)26(11-3-4-12-26)28-24(32)19-7-5-17(6-8-19)18-9-13-29(2)14-10-18/h5-8,18,20,22-23,27H,3-4,9-16H2,1-2H3,(H,28,32)/t20-,22+,23+/m0/s1. The lowest BCUT2D eigenvalue weighted by molar-refractivity contribution is -0.142. The summed E-state index contributed by atoms with van der Waals surface area (Å²) in [6.07, 6.45) is 4.90. The molecule has 8 heteroatoms. The van der Waals surface area contributed by atoms with Gasteiger partial charge in [0.2, 0.25) is 5.91 Å². The van der Waals surface area contributed by atoms with E-state index in [-0.39, 0.29) is 36.4 Å². The average Bonchev–Trinajstić information content (AvgIpc) is 3.57. The number of rotatable bonds is 5. The van der Waals surface area contributed by atoms with Crippen LogP contribution in [0.5, 0.6) is 0 Å². The third kappa shape index (κ3) is 4.16.